The second kappa shape index (κ2) is 16.0. The third kappa shape index (κ3) is 7.97. The molecule has 1 unspecified atom stereocenters. The Morgan fingerprint density at radius 3 is 2.43 bits per heavy atom. The number of hydrogen-bond donors (Lipinski definition) is 2. The number of nitrogens with one attached hydrogen (secondary N) is 2. The van der Waals surface area contributed by atoms with Gasteiger partial charge < -0.3 is 19.9 Å². The lowest BCUT2D eigenvalue weighted by molar-refractivity contribution is -0.141. The number of anilines is 1. The predicted molar refractivity (Wildman–Crippen MR) is 210 cm³/mol. The minimum atomic E-state index is -4.67. The molecule has 0 radical (unpaired) electrons. The highest BCUT2D eigenvalue weighted by atomic mass is 19.4. The van der Waals surface area contributed by atoms with E-state index in [1.807, 2.05) is 23.0 Å². The number of carbonyl (C=O) groups is 3. The highest BCUT2D eigenvalue weighted by Gasteiger charge is 2.34. The molecule has 5 aromatic rings. The molecule has 2 aliphatic heterocycles. The predicted octanol–water partition coefficient (Wildman–Crippen LogP) is 4.93. The molecule has 3 amide bonds. The zero-order valence-electron chi connectivity index (χ0n) is 32.4. The number of imidazole rings is 1. The summed E-state index contributed by atoms with van der Waals surface area (Å²) in [5, 5.41) is 10.6. The minimum absolute atomic E-state index is 0.206. The number of aromatic nitrogens is 5. The van der Waals surface area contributed by atoms with Crippen molar-refractivity contribution in [2.24, 2.45) is 13.0 Å². The number of alkyl halides is 3. The number of methoxy groups -OCH3 is 1. The molecule has 17 heteroatoms. The molecule has 306 valence electrons. The molecule has 3 fully saturated rings. The maximum atomic E-state index is 13.3. The number of ether oxygens (including phenoxy) is 1. The molecule has 0 bridgehead atoms. The topological polar surface area (TPSA) is 149 Å². The molecule has 5 heterocycles. The lowest BCUT2D eigenvalue weighted by Gasteiger charge is -2.38. The fraction of sp³-hybridized carbons (Fsp3) is 0.463. The Morgan fingerprint density at radius 1 is 0.966 bits per heavy atom. The average Bonchev–Trinajstić information content (AvgIpc) is 3.74. The Balaban J connectivity index is 0.828. The maximum Gasteiger partial charge on any atom is 0.433 e. The van der Waals surface area contributed by atoms with Gasteiger partial charge in [0.25, 0.3) is 5.91 Å². The Hall–Kier alpha value is -5.55. The largest absolute Gasteiger partial charge is 0.494 e. The molecule has 3 aromatic heterocycles. The maximum absolute atomic E-state index is 13.3. The van der Waals surface area contributed by atoms with Gasteiger partial charge >= 0.3 is 11.9 Å². The Bertz CT molecular complexity index is 2420. The molecule has 2 saturated heterocycles. The second-order valence-corrected chi connectivity index (χ2v) is 15.6. The van der Waals surface area contributed by atoms with Crippen LogP contribution in [0.4, 0.5) is 18.9 Å². The summed E-state index contributed by atoms with van der Waals surface area (Å²) in [6.07, 6.45) is 2.70. The van der Waals surface area contributed by atoms with Crippen molar-refractivity contribution >= 4 is 45.3 Å². The minimum Gasteiger partial charge on any atom is -0.494 e. The van der Waals surface area contributed by atoms with E-state index in [9.17, 15) is 32.3 Å². The van der Waals surface area contributed by atoms with Crippen LogP contribution in [0.5, 0.6) is 5.75 Å². The first-order chi connectivity index (χ1) is 27.9. The van der Waals surface area contributed by atoms with Crippen LogP contribution in [-0.4, -0.2) is 97.8 Å². The third-order valence-electron chi connectivity index (χ3n) is 11.9. The van der Waals surface area contributed by atoms with Crippen LogP contribution in [0.15, 0.2) is 59.5 Å². The molecular weight excluding hydrogens is 756 g/mol. The third-order valence-corrected chi connectivity index (χ3v) is 11.9. The number of carbonyl (C=O) groups excluding carboxylic acids is 3. The van der Waals surface area contributed by atoms with Crippen molar-refractivity contribution in [2.45, 2.75) is 63.2 Å². The van der Waals surface area contributed by atoms with Crippen LogP contribution >= 0.6 is 0 Å². The van der Waals surface area contributed by atoms with Crippen LogP contribution < -0.4 is 21.1 Å². The van der Waals surface area contributed by atoms with E-state index in [-0.39, 0.29) is 29.8 Å². The van der Waals surface area contributed by atoms with Crippen LogP contribution in [0.1, 0.15) is 72.4 Å². The van der Waals surface area contributed by atoms with E-state index in [1.54, 1.807) is 23.7 Å². The monoisotopic (exact) mass is 801 g/mol. The van der Waals surface area contributed by atoms with Crippen LogP contribution in [0, 0.1) is 5.92 Å². The number of piperazine rings is 1. The van der Waals surface area contributed by atoms with E-state index in [2.05, 4.69) is 31.5 Å². The Morgan fingerprint density at radius 2 is 1.71 bits per heavy atom. The van der Waals surface area contributed by atoms with Gasteiger partial charge in [0.05, 0.1) is 35.4 Å². The number of piperidine rings is 1. The molecule has 14 nitrogen and oxygen atoms in total. The first-order valence-electron chi connectivity index (χ1n) is 19.8. The highest BCUT2D eigenvalue weighted by Crippen LogP contribution is 2.36. The van der Waals surface area contributed by atoms with Crippen molar-refractivity contribution in [2.75, 3.05) is 51.7 Å². The number of pyridine rings is 1. The number of fused-ring (bicyclic) bond motifs is 2. The van der Waals surface area contributed by atoms with Crippen LogP contribution in [0.3, 0.4) is 0 Å². The van der Waals surface area contributed by atoms with Gasteiger partial charge in [-0.15, -0.1) is 0 Å². The van der Waals surface area contributed by atoms with E-state index in [0.29, 0.717) is 34.8 Å². The molecule has 1 atom stereocenters. The standard InChI is InChI=1S/C41H46F3N9O5/c1-49-37-26(5-3-7-32(37)53(40(49)57)33-13-14-36(54)47-39(33)56)15-16-50-17-19-51(20-18-50)23-25-9-11-28(12-10-25)52-24-27-21-31(34(58-2)22-30(27)48-52)46-38(55)29-6-4-8-35(45-29)41(42,43)44/h3-8,21-22,24-25,28,33H,9-20,23H2,1-2H3,(H,46,55)(H,47,54,56)/t25-,28-,33?. The Kier molecular flexibility index (Phi) is 10.8. The van der Waals surface area contributed by atoms with Crippen molar-refractivity contribution in [1.82, 2.24) is 39.0 Å². The van der Waals surface area contributed by atoms with E-state index in [1.165, 1.54) is 17.7 Å². The van der Waals surface area contributed by atoms with Gasteiger partial charge in [-0.1, -0.05) is 18.2 Å². The van der Waals surface area contributed by atoms with Gasteiger partial charge in [-0.3, -0.25) is 33.5 Å². The molecule has 58 heavy (non-hydrogen) atoms. The fourth-order valence-electron chi connectivity index (χ4n) is 8.81. The first-order valence-corrected chi connectivity index (χ1v) is 19.8. The number of hydrogen-bond acceptors (Lipinski definition) is 9. The Labute approximate surface area is 331 Å². The van der Waals surface area contributed by atoms with Crippen molar-refractivity contribution in [3.05, 3.63) is 82.2 Å². The number of imide groups is 1. The van der Waals surface area contributed by atoms with E-state index in [0.717, 1.165) is 100.0 Å². The second-order valence-electron chi connectivity index (χ2n) is 15.6. The van der Waals surface area contributed by atoms with Crippen molar-refractivity contribution < 1.29 is 32.3 Å². The molecule has 1 saturated carbocycles. The van der Waals surface area contributed by atoms with Crippen LogP contribution in [0.25, 0.3) is 21.9 Å². The number of para-hydroxylation sites is 1. The number of benzene rings is 2. The number of nitrogens with zero attached hydrogens (tertiary/aromatic N) is 7. The quantitative estimate of drug-likeness (QED) is 0.188. The van der Waals surface area contributed by atoms with E-state index >= 15 is 0 Å². The summed E-state index contributed by atoms with van der Waals surface area (Å²) in [5.74, 6) is -0.590. The average molecular weight is 802 g/mol. The fourth-order valence-corrected chi connectivity index (χ4v) is 8.81. The zero-order valence-corrected chi connectivity index (χ0v) is 32.4. The summed E-state index contributed by atoms with van der Waals surface area (Å²) >= 11 is 0. The molecule has 8 rings (SSSR count). The molecule has 2 aromatic carbocycles. The lowest BCUT2D eigenvalue weighted by Crippen LogP contribution is -2.48. The van der Waals surface area contributed by atoms with Gasteiger partial charge in [-0.2, -0.15) is 18.3 Å². The SMILES string of the molecule is COc1cc2nn([C@H]3CC[C@H](CN4CCN(CCc5cccc6c5n(C)c(=O)n6C5CCC(=O)NC5=O)CC4)CC3)cc2cc1NC(=O)c1cccc(C(F)(F)F)n1. The molecule has 1 aliphatic carbocycles. The molecular formula is C41H46F3N9O5. The van der Waals surface area contributed by atoms with Crippen LogP contribution in [-0.2, 0) is 29.2 Å². The van der Waals surface area contributed by atoms with Gasteiger partial charge in [0.2, 0.25) is 11.8 Å². The summed E-state index contributed by atoms with van der Waals surface area (Å²) in [7, 11) is 3.20. The summed E-state index contributed by atoms with van der Waals surface area (Å²) in [6, 6.07) is 12.0. The highest BCUT2D eigenvalue weighted by molar-refractivity contribution is 6.05. The van der Waals surface area contributed by atoms with Gasteiger partial charge in [-0.25, -0.2) is 9.78 Å². The summed E-state index contributed by atoms with van der Waals surface area (Å²) in [5.41, 5.74) is 1.86. The molecule has 0 spiro atoms. The number of amides is 3. The van der Waals surface area contributed by atoms with Crippen molar-refractivity contribution in [1.29, 1.82) is 0 Å². The summed E-state index contributed by atoms with van der Waals surface area (Å²) < 4.78 is 50.2. The summed E-state index contributed by atoms with van der Waals surface area (Å²) in [4.78, 5) is 59.1. The van der Waals surface area contributed by atoms with Crippen LogP contribution in [0.2, 0.25) is 0 Å². The van der Waals surface area contributed by atoms with Crippen molar-refractivity contribution in [3.8, 4) is 5.75 Å². The number of aryl methyl sites for hydroxylation is 1. The lowest BCUT2D eigenvalue weighted by atomic mass is 9.85. The van der Waals surface area contributed by atoms with Gasteiger partial charge in [0.1, 0.15) is 23.2 Å². The van der Waals surface area contributed by atoms with Gasteiger partial charge in [0.15, 0.2) is 0 Å². The van der Waals surface area contributed by atoms with E-state index in [4.69, 9.17) is 9.84 Å². The molecule has 2 N–H and O–H groups in total. The molecule has 3 aliphatic rings. The normalized spacial score (nSPS) is 21.1. The summed E-state index contributed by atoms with van der Waals surface area (Å²) in [6.45, 7) is 5.82. The van der Waals surface area contributed by atoms with E-state index < -0.39 is 29.7 Å². The van der Waals surface area contributed by atoms with Gasteiger partial charge in [0, 0.05) is 70.4 Å². The smallest absolute Gasteiger partial charge is 0.433 e. The number of halogens is 3. The zero-order chi connectivity index (χ0) is 40.7. The van der Waals surface area contributed by atoms with Gasteiger partial charge in [-0.05, 0) is 74.3 Å². The number of rotatable bonds is 10. The van der Waals surface area contributed by atoms with Crippen molar-refractivity contribution in [3.63, 3.8) is 0 Å². The first kappa shape index (κ1) is 39.3.